The fraction of sp³-hybridized carbons (Fsp3) is 0.308. The summed E-state index contributed by atoms with van der Waals surface area (Å²) in [6, 6.07) is 3.81. The van der Waals surface area contributed by atoms with E-state index in [2.05, 4.69) is 21.0 Å². The Morgan fingerprint density at radius 2 is 1.95 bits per heavy atom. The molecule has 0 amide bonds. The van der Waals surface area contributed by atoms with E-state index in [1.165, 1.54) is 12.1 Å². The lowest BCUT2D eigenvalue weighted by molar-refractivity contribution is -0.138. The molecule has 0 fully saturated rings. The number of rotatable bonds is 2. The summed E-state index contributed by atoms with van der Waals surface area (Å²) in [6.07, 6.45) is -4.43. The van der Waals surface area contributed by atoms with Crippen LogP contribution in [-0.2, 0) is 12.7 Å². The van der Waals surface area contributed by atoms with Crippen molar-refractivity contribution in [3.63, 3.8) is 0 Å². The Morgan fingerprint density at radius 1 is 1.30 bits per heavy atom. The van der Waals surface area contributed by atoms with Crippen LogP contribution in [0.25, 0.3) is 0 Å². The van der Waals surface area contributed by atoms with Crippen molar-refractivity contribution in [2.75, 3.05) is 5.73 Å². The van der Waals surface area contributed by atoms with Gasteiger partial charge in [-0.15, -0.1) is 0 Å². The summed E-state index contributed by atoms with van der Waals surface area (Å²) >= 11 is 3.36. The molecule has 0 radical (unpaired) electrons. The summed E-state index contributed by atoms with van der Waals surface area (Å²) in [4.78, 5) is 0. The molecule has 20 heavy (non-hydrogen) atoms. The van der Waals surface area contributed by atoms with Gasteiger partial charge in [0.15, 0.2) is 0 Å². The minimum atomic E-state index is -4.43. The van der Waals surface area contributed by atoms with Crippen molar-refractivity contribution in [1.29, 1.82) is 0 Å². The Balaban J connectivity index is 2.46. The molecular weight excluding hydrogens is 335 g/mol. The smallest absolute Gasteiger partial charge is 0.399 e. The molecule has 0 aliphatic rings. The summed E-state index contributed by atoms with van der Waals surface area (Å²) in [5, 5.41) is 4.22. The third kappa shape index (κ3) is 2.82. The summed E-state index contributed by atoms with van der Waals surface area (Å²) < 4.78 is 41.4. The second-order valence-electron chi connectivity index (χ2n) is 4.56. The van der Waals surface area contributed by atoms with Gasteiger partial charge >= 0.3 is 6.18 Å². The van der Waals surface area contributed by atoms with Gasteiger partial charge < -0.3 is 5.73 Å². The van der Waals surface area contributed by atoms with Crippen molar-refractivity contribution in [2.45, 2.75) is 26.6 Å². The highest BCUT2D eigenvalue weighted by atomic mass is 79.9. The standard InChI is InChI=1S/C13H13BrF3N3/c1-7-12(14)8(2)20(19-7)6-9-3-4-10(18)5-11(9)13(15,16)17/h3-5H,6,18H2,1-2H3. The first-order valence-electron chi connectivity index (χ1n) is 5.85. The molecule has 0 saturated heterocycles. The summed E-state index contributed by atoms with van der Waals surface area (Å²) in [7, 11) is 0. The zero-order chi connectivity index (χ0) is 15.1. The molecule has 108 valence electrons. The van der Waals surface area contributed by atoms with Crippen LogP contribution in [0, 0.1) is 13.8 Å². The van der Waals surface area contributed by atoms with Gasteiger partial charge in [0.05, 0.1) is 28.0 Å². The van der Waals surface area contributed by atoms with E-state index in [0.717, 1.165) is 21.9 Å². The van der Waals surface area contributed by atoms with Gasteiger partial charge in [-0.05, 0) is 47.5 Å². The van der Waals surface area contributed by atoms with E-state index < -0.39 is 11.7 Å². The lowest BCUT2D eigenvalue weighted by Gasteiger charge is -2.14. The first-order chi connectivity index (χ1) is 9.20. The van der Waals surface area contributed by atoms with Crippen molar-refractivity contribution in [3.8, 4) is 0 Å². The number of aryl methyl sites for hydroxylation is 1. The van der Waals surface area contributed by atoms with Crippen molar-refractivity contribution in [1.82, 2.24) is 9.78 Å². The first kappa shape index (κ1) is 14.9. The monoisotopic (exact) mass is 347 g/mol. The average molecular weight is 348 g/mol. The molecule has 0 bridgehead atoms. The van der Waals surface area contributed by atoms with Crippen molar-refractivity contribution in [2.24, 2.45) is 0 Å². The van der Waals surface area contributed by atoms with Gasteiger partial charge in [0.25, 0.3) is 0 Å². The fourth-order valence-electron chi connectivity index (χ4n) is 1.99. The number of benzene rings is 1. The first-order valence-corrected chi connectivity index (χ1v) is 6.64. The second kappa shape index (κ2) is 5.12. The number of anilines is 1. The highest BCUT2D eigenvalue weighted by molar-refractivity contribution is 9.10. The lowest BCUT2D eigenvalue weighted by Crippen LogP contribution is -2.13. The molecule has 1 aromatic heterocycles. The third-order valence-corrected chi connectivity index (χ3v) is 4.20. The van der Waals surface area contributed by atoms with Crippen LogP contribution in [-0.4, -0.2) is 9.78 Å². The normalized spacial score (nSPS) is 11.9. The molecule has 7 heteroatoms. The highest BCUT2D eigenvalue weighted by Crippen LogP contribution is 2.34. The summed E-state index contributed by atoms with van der Waals surface area (Å²) in [5.41, 5.74) is 6.49. The Labute approximate surface area is 122 Å². The van der Waals surface area contributed by atoms with E-state index in [9.17, 15) is 13.2 Å². The van der Waals surface area contributed by atoms with Crippen LogP contribution in [0.15, 0.2) is 22.7 Å². The van der Waals surface area contributed by atoms with Gasteiger partial charge in [-0.25, -0.2) is 0 Å². The predicted octanol–water partition coefficient (Wildman–Crippen LogP) is 3.91. The highest BCUT2D eigenvalue weighted by Gasteiger charge is 2.33. The van der Waals surface area contributed by atoms with Crippen LogP contribution in [0.1, 0.15) is 22.5 Å². The third-order valence-electron chi connectivity index (χ3n) is 3.05. The maximum Gasteiger partial charge on any atom is 0.416 e. The van der Waals surface area contributed by atoms with Gasteiger partial charge in [0.2, 0.25) is 0 Å². The maximum atomic E-state index is 13.0. The molecule has 1 aromatic carbocycles. The van der Waals surface area contributed by atoms with E-state index >= 15 is 0 Å². The number of nitrogen functional groups attached to an aromatic ring is 1. The minimum absolute atomic E-state index is 0.0490. The van der Waals surface area contributed by atoms with Crippen LogP contribution in [0.2, 0.25) is 0 Å². The largest absolute Gasteiger partial charge is 0.416 e. The summed E-state index contributed by atoms with van der Waals surface area (Å²) in [6.45, 7) is 3.64. The lowest BCUT2D eigenvalue weighted by atomic mass is 10.1. The summed E-state index contributed by atoms with van der Waals surface area (Å²) in [5.74, 6) is 0. The van der Waals surface area contributed by atoms with Gasteiger partial charge in [-0.1, -0.05) is 6.07 Å². The molecule has 0 aliphatic carbocycles. The van der Waals surface area contributed by atoms with Gasteiger partial charge in [0, 0.05) is 5.69 Å². The van der Waals surface area contributed by atoms with Gasteiger partial charge in [-0.2, -0.15) is 18.3 Å². The van der Waals surface area contributed by atoms with E-state index in [1.54, 1.807) is 18.5 Å². The molecule has 1 heterocycles. The Bertz CT molecular complexity index is 647. The Hall–Kier alpha value is -1.50. The van der Waals surface area contributed by atoms with E-state index in [0.29, 0.717) is 0 Å². The molecule has 3 nitrogen and oxygen atoms in total. The zero-order valence-corrected chi connectivity index (χ0v) is 12.5. The predicted molar refractivity (Wildman–Crippen MR) is 74.4 cm³/mol. The number of halogens is 4. The molecule has 0 atom stereocenters. The molecule has 2 aromatic rings. The number of hydrogen-bond donors (Lipinski definition) is 1. The second-order valence-corrected chi connectivity index (χ2v) is 5.35. The SMILES string of the molecule is Cc1nn(Cc2ccc(N)cc2C(F)(F)F)c(C)c1Br. The topological polar surface area (TPSA) is 43.8 Å². The van der Waals surface area contributed by atoms with Crippen LogP contribution in [0.4, 0.5) is 18.9 Å². The van der Waals surface area contributed by atoms with Crippen LogP contribution >= 0.6 is 15.9 Å². The molecule has 0 aliphatic heterocycles. The van der Waals surface area contributed by atoms with Crippen molar-refractivity contribution >= 4 is 21.6 Å². The Kier molecular flexibility index (Phi) is 3.82. The van der Waals surface area contributed by atoms with E-state index in [4.69, 9.17) is 5.73 Å². The zero-order valence-electron chi connectivity index (χ0n) is 10.9. The quantitative estimate of drug-likeness (QED) is 0.837. The molecule has 2 N–H and O–H groups in total. The number of aromatic nitrogens is 2. The fourth-order valence-corrected chi connectivity index (χ4v) is 2.27. The number of nitrogens with zero attached hydrogens (tertiary/aromatic N) is 2. The maximum absolute atomic E-state index is 13.0. The van der Waals surface area contributed by atoms with Gasteiger partial charge in [-0.3, -0.25) is 4.68 Å². The number of alkyl halides is 3. The Morgan fingerprint density at radius 3 is 2.45 bits per heavy atom. The molecule has 0 spiro atoms. The molecule has 0 saturated carbocycles. The number of hydrogen-bond acceptors (Lipinski definition) is 2. The molecular formula is C13H13BrF3N3. The average Bonchev–Trinajstić information content (AvgIpc) is 2.58. The van der Waals surface area contributed by atoms with Crippen LogP contribution < -0.4 is 5.73 Å². The van der Waals surface area contributed by atoms with Crippen molar-refractivity contribution < 1.29 is 13.2 Å². The molecule has 0 unspecified atom stereocenters. The number of nitrogens with two attached hydrogens (primary N) is 1. The van der Waals surface area contributed by atoms with E-state index in [1.807, 2.05) is 0 Å². The van der Waals surface area contributed by atoms with Crippen LogP contribution in [0.5, 0.6) is 0 Å². The molecule has 2 rings (SSSR count). The van der Waals surface area contributed by atoms with Crippen molar-refractivity contribution in [3.05, 3.63) is 45.2 Å². The minimum Gasteiger partial charge on any atom is -0.399 e. The van der Waals surface area contributed by atoms with Crippen LogP contribution in [0.3, 0.4) is 0 Å². The van der Waals surface area contributed by atoms with Gasteiger partial charge in [0.1, 0.15) is 0 Å². The van der Waals surface area contributed by atoms with E-state index in [-0.39, 0.29) is 17.8 Å².